The van der Waals surface area contributed by atoms with Crippen LogP contribution in [0.2, 0.25) is 0 Å². The lowest BCUT2D eigenvalue weighted by Crippen LogP contribution is -2.43. The van der Waals surface area contributed by atoms with Crippen LogP contribution in [0, 0.1) is 5.92 Å². The maximum Gasteiger partial charge on any atom is 0.312 e. The van der Waals surface area contributed by atoms with Gasteiger partial charge in [-0.05, 0) is 20.0 Å². The number of piperidine rings is 1. The van der Waals surface area contributed by atoms with Crippen LogP contribution in [0.1, 0.15) is 40.2 Å². The Morgan fingerprint density at radius 3 is 2.25 bits per heavy atom. The van der Waals surface area contributed by atoms with E-state index in [4.69, 9.17) is 4.74 Å². The maximum atomic E-state index is 11.7. The topological polar surface area (TPSA) is 60.2 Å². The first kappa shape index (κ1) is 18.6. The zero-order valence-corrected chi connectivity index (χ0v) is 13.5. The zero-order chi connectivity index (χ0) is 15.5. The van der Waals surface area contributed by atoms with E-state index in [9.17, 15) is 4.79 Å². The number of aromatic nitrogens is 3. The molecule has 2 rings (SSSR count). The molecule has 1 saturated heterocycles. The number of hydrogen-bond donors (Lipinski definition) is 0. The van der Waals surface area contributed by atoms with Gasteiger partial charge in [-0.25, -0.2) is 0 Å². The van der Waals surface area contributed by atoms with Crippen molar-refractivity contribution in [2.75, 3.05) is 27.2 Å². The number of esters is 1. The molecule has 20 heavy (non-hydrogen) atoms. The summed E-state index contributed by atoms with van der Waals surface area (Å²) < 4.78 is 6.74. The summed E-state index contributed by atoms with van der Waals surface area (Å²) in [5.41, 5.74) is 0. The van der Waals surface area contributed by atoms with Crippen LogP contribution in [0.25, 0.3) is 0 Å². The van der Waals surface area contributed by atoms with Crippen molar-refractivity contribution in [2.24, 2.45) is 5.92 Å². The number of likely N-dealkylation sites (tertiary alicyclic amines) is 1. The summed E-state index contributed by atoms with van der Waals surface area (Å²) in [6.45, 7) is 9.69. The van der Waals surface area contributed by atoms with Crippen molar-refractivity contribution in [1.29, 1.82) is 0 Å². The molecule has 0 amide bonds. The fourth-order valence-electron chi connectivity index (χ4n) is 2.22. The average molecular weight is 284 g/mol. The molecule has 0 N–H and O–H groups in total. The van der Waals surface area contributed by atoms with Gasteiger partial charge in [0.25, 0.3) is 0 Å². The van der Waals surface area contributed by atoms with Crippen LogP contribution >= 0.6 is 0 Å². The predicted molar refractivity (Wildman–Crippen MR) is 79.4 cm³/mol. The van der Waals surface area contributed by atoms with Gasteiger partial charge in [0.1, 0.15) is 12.7 Å². The highest BCUT2D eigenvalue weighted by atomic mass is 16.5. The van der Waals surface area contributed by atoms with E-state index in [1.807, 2.05) is 39.3 Å². The van der Waals surface area contributed by atoms with Crippen LogP contribution in [-0.2, 0) is 9.53 Å². The van der Waals surface area contributed by atoms with Crippen LogP contribution in [0.5, 0.6) is 0 Å². The molecule has 2 unspecified atom stereocenters. The molecule has 0 aromatic carbocycles. The van der Waals surface area contributed by atoms with Crippen molar-refractivity contribution in [3.05, 3.63) is 12.7 Å². The molecular formula is C14H28N4O2. The van der Waals surface area contributed by atoms with Crippen molar-refractivity contribution in [2.45, 2.75) is 40.2 Å². The Hall–Kier alpha value is -1.43. The molecule has 0 saturated carbocycles. The number of carbonyl (C=O) groups excluding carboxylic acids is 1. The second-order valence-electron chi connectivity index (χ2n) is 4.16. The summed E-state index contributed by atoms with van der Waals surface area (Å²) in [6.07, 6.45) is 4.23. The van der Waals surface area contributed by atoms with Gasteiger partial charge in [0.2, 0.25) is 0 Å². The lowest BCUT2D eigenvalue weighted by Gasteiger charge is -2.35. The van der Waals surface area contributed by atoms with Gasteiger partial charge in [-0.2, -0.15) is 0 Å². The molecule has 6 nitrogen and oxygen atoms in total. The van der Waals surface area contributed by atoms with Crippen molar-refractivity contribution < 1.29 is 9.53 Å². The van der Waals surface area contributed by atoms with Gasteiger partial charge in [-0.1, -0.05) is 27.7 Å². The minimum absolute atomic E-state index is 0.110. The molecule has 0 radical (unpaired) electrons. The van der Waals surface area contributed by atoms with Crippen molar-refractivity contribution in [3.63, 3.8) is 0 Å². The monoisotopic (exact) mass is 284 g/mol. The quantitative estimate of drug-likeness (QED) is 0.777. The Kier molecular flexibility index (Phi) is 9.63. The van der Waals surface area contributed by atoms with Crippen LogP contribution in [0.15, 0.2) is 12.7 Å². The number of ether oxygens (including phenoxy) is 1. The number of carbonyl (C=O) groups is 1. The Morgan fingerprint density at radius 2 is 1.75 bits per heavy atom. The van der Waals surface area contributed by atoms with Crippen molar-refractivity contribution in [3.8, 4) is 0 Å². The number of hydrogen-bond acceptors (Lipinski definition) is 5. The molecule has 0 spiro atoms. The van der Waals surface area contributed by atoms with E-state index in [1.165, 1.54) is 7.11 Å². The third-order valence-corrected chi connectivity index (χ3v) is 3.10. The summed E-state index contributed by atoms with van der Waals surface area (Å²) in [6, 6.07) is 0.110. The van der Waals surface area contributed by atoms with Gasteiger partial charge in [0, 0.05) is 6.54 Å². The Bertz CT molecular complexity index is 354. The second-order valence-corrected chi connectivity index (χ2v) is 4.16. The fraction of sp³-hybridized carbons (Fsp3) is 0.786. The van der Waals surface area contributed by atoms with E-state index in [-0.39, 0.29) is 17.9 Å². The molecule has 1 fully saturated rings. The summed E-state index contributed by atoms with van der Waals surface area (Å²) in [5.74, 6) is -0.301. The Balaban J connectivity index is 0.000000829. The van der Waals surface area contributed by atoms with E-state index < -0.39 is 0 Å². The standard InChI is InChI=1S/C10H16N4O2.2C2H6/c1-13-4-3-9(14-6-11-12-7-14)8(5-13)10(15)16-2;2*1-2/h6-9H,3-5H2,1-2H3;2*1-2H3. The molecule has 1 aliphatic heterocycles. The Labute approximate surface area is 122 Å². The first-order valence-corrected chi connectivity index (χ1v) is 7.33. The summed E-state index contributed by atoms with van der Waals surface area (Å²) in [5, 5.41) is 7.57. The SMILES string of the molecule is CC.CC.COC(=O)C1CN(C)CCC1n1cnnc1. The van der Waals surface area contributed by atoms with Gasteiger partial charge < -0.3 is 14.2 Å². The fourth-order valence-corrected chi connectivity index (χ4v) is 2.22. The van der Waals surface area contributed by atoms with Gasteiger partial charge >= 0.3 is 5.97 Å². The van der Waals surface area contributed by atoms with E-state index in [0.717, 1.165) is 19.5 Å². The van der Waals surface area contributed by atoms with E-state index >= 15 is 0 Å². The summed E-state index contributed by atoms with van der Waals surface area (Å²) >= 11 is 0. The van der Waals surface area contributed by atoms with Crippen LogP contribution in [-0.4, -0.2) is 52.9 Å². The summed E-state index contributed by atoms with van der Waals surface area (Å²) in [7, 11) is 3.44. The molecule has 2 atom stereocenters. The highest BCUT2D eigenvalue weighted by molar-refractivity contribution is 5.73. The third-order valence-electron chi connectivity index (χ3n) is 3.10. The first-order chi connectivity index (χ1) is 9.72. The highest BCUT2D eigenvalue weighted by Gasteiger charge is 2.34. The lowest BCUT2D eigenvalue weighted by atomic mass is 9.92. The zero-order valence-electron chi connectivity index (χ0n) is 13.5. The Morgan fingerprint density at radius 1 is 1.20 bits per heavy atom. The highest BCUT2D eigenvalue weighted by Crippen LogP contribution is 2.28. The van der Waals surface area contributed by atoms with Crippen LogP contribution in [0.3, 0.4) is 0 Å². The molecule has 0 aliphatic carbocycles. The molecule has 1 aromatic rings. The van der Waals surface area contributed by atoms with Gasteiger partial charge in [-0.15, -0.1) is 10.2 Å². The summed E-state index contributed by atoms with van der Waals surface area (Å²) in [4.78, 5) is 13.9. The third kappa shape index (κ3) is 4.92. The van der Waals surface area contributed by atoms with Crippen molar-refractivity contribution in [1.82, 2.24) is 19.7 Å². The largest absolute Gasteiger partial charge is 0.469 e. The van der Waals surface area contributed by atoms with E-state index in [0.29, 0.717) is 0 Å². The molecule has 2 heterocycles. The predicted octanol–water partition coefficient (Wildman–Crippen LogP) is 2.00. The number of nitrogens with zero attached hydrogens (tertiary/aromatic N) is 4. The first-order valence-electron chi connectivity index (χ1n) is 7.33. The molecular weight excluding hydrogens is 256 g/mol. The number of rotatable bonds is 2. The molecule has 0 bridgehead atoms. The van der Waals surface area contributed by atoms with Gasteiger partial charge in [0.05, 0.1) is 19.1 Å². The second kappa shape index (κ2) is 10.4. The van der Waals surface area contributed by atoms with Crippen LogP contribution < -0.4 is 0 Å². The minimum atomic E-state index is -0.162. The normalized spacial score (nSPS) is 21.9. The van der Waals surface area contributed by atoms with Gasteiger partial charge in [0.15, 0.2) is 0 Å². The van der Waals surface area contributed by atoms with Gasteiger partial charge in [-0.3, -0.25) is 4.79 Å². The maximum absolute atomic E-state index is 11.7. The van der Waals surface area contributed by atoms with E-state index in [1.54, 1.807) is 12.7 Å². The minimum Gasteiger partial charge on any atom is -0.469 e. The van der Waals surface area contributed by atoms with Crippen molar-refractivity contribution >= 4 is 5.97 Å². The van der Waals surface area contributed by atoms with E-state index in [2.05, 4.69) is 15.1 Å². The molecule has 1 aromatic heterocycles. The lowest BCUT2D eigenvalue weighted by molar-refractivity contribution is -0.149. The molecule has 1 aliphatic rings. The molecule has 6 heteroatoms. The number of methoxy groups -OCH3 is 1. The molecule has 116 valence electrons. The van der Waals surface area contributed by atoms with Crippen LogP contribution in [0.4, 0.5) is 0 Å². The smallest absolute Gasteiger partial charge is 0.312 e. The average Bonchev–Trinajstić information content (AvgIpc) is 3.04.